The fourth-order valence-electron chi connectivity index (χ4n) is 7.23. The number of hydrogen-bond donors (Lipinski definition) is 1. The van der Waals surface area contributed by atoms with Gasteiger partial charge in [-0.1, -0.05) is 37.5 Å². The van der Waals surface area contributed by atoms with E-state index in [4.69, 9.17) is 0 Å². The minimum absolute atomic E-state index is 0.0279. The molecule has 0 saturated carbocycles. The summed E-state index contributed by atoms with van der Waals surface area (Å²) >= 11 is 0. The van der Waals surface area contributed by atoms with Gasteiger partial charge in [-0.2, -0.15) is 0 Å². The summed E-state index contributed by atoms with van der Waals surface area (Å²) in [6.45, 7) is 5.94. The summed E-state index contributed by atoms with van der Waals surface area (Å²) in [5.41, 5.74) is 0.317. The number of benzene rings is 1. The molecule has 8 bridgehead atoms. The van der Waals surface area contributed by atoms with Crippen LogP contribution in [0.1, 0.15) is 92.8 Å². The van der Waals surface area contributed by atoms with Crippen LogP contribution < -0.4 is 10.9 Å². The van der Waals surface area contributed by atoms with Gasteiger partial charge in [0.1, 0.15) is 32.9 Å². The quantitative estimate of drug-likeness (QED) is 0.343. The first kappa shape index (κ1) is 32.0. The number of alkyl halides is 2. The average Bonchev–Trinajstić information content (AvgIpc) is 2.95. The van der Waals surface area contributed by atoms with E-state index in [1.165, 1.54) is 18.2 Å². The zero-order valence-corrected chi connectivity index (χ0v) is 26.8. The first-order chi connectivity index (χ1) is 21.4. The second-order valence-electron chi connectivity index (χ2n) is 13.2. The Morgan fingerprint density at radius 1 is 0.978 bits per heavy atom. The Balaban J connectivity index is 1.42. The summed E-state index contributed by atoms with van der Waals surface area (Å²) in [5, 5.41) is 3.82. The number of anilines is 1. The molecule has 8 nitrogen and oxygen atoms in total. The van der Waals surface area contributed by atoms with Crippen molar-refractivity contribution in [2.75, 3.05) is 36.5 Å². The van der Waals surface area contributed by atoms with Crippen LogP contribution in [-0.2, 0) is 22.3 Å². The van der Waals surface area contributed by atoms with Gasteiger partial charge < -0.3 is 10.2 Å². The minimum atomic E-state index is -3.30. The maximum atomic E-state index is 15.9. The van der Waals surface area contributed by atoms with Crippen LogP contribution in [0, 0.1) is 18.7 Å². The lowest BCUT2D eigenvalue weighted by Crippen LogP contribution is -2.48. The number of nitrogens with one attached hydrogen (secondary N) is 1. The van der Waals surface area contributed by atoms with Crippen LogP contribution in [0.25, 0.3) is 11.0 Å². The van der Waals surface area contributed by atoms with Crippen LogP contribution >= 0.6 is 0 Å². The lowest BCUT2D eigenvalue weighted by atomic mass is 9.88. The van der Waals surface area contributed by atoms with Gasteiger partial charge in [0.15, 0.2) is 0 Å². The van der Waals surface area contributed by atoms with Gasteiger partial charge in [0.25, 0.3) is 11.5 Å². The first-order valence-electron chi connectivity index (χ1n) is 16.2. The monoisotopic (exact) mass is 645 g/mol. The molecule has 0 unspecified atom stereocenters. The molecule has 0 aliphatic carbocycles. The Morgan fingerprint density at radius 2 is 1.67 bits per heavy atom. The predicted molar refractivity (Wildman–Crippen MR) is 169 cm³/mol. The first-order valence-corrected chi connectivity index (χ1v) is 18.0. The molecule has 4 aliphatic heterocycles. The molecule has 4 aliphatic rings. The molecule has 1 aromatic carbocycles. The molecule has 2 fully saturated rings. The van der Waals surface area contributed by atoms with Crippen molar-refractivity contribution in [2.45, 2.75) is 89.6 Å². The van der Waals surface area contributed by atoms with Gasteiger partial charge in [0.2, 0.25) is 0 Å². The third-order valence-corrected chi connectivity index (χ3v) is 11.5. The number of pyridine rings is 1. The molecule has 0 spiro atoms. The maximum absolute atomic E-state index is 15.9. The molecule has 6 heterocycles. The Kier molecular flexibility index (Phi) is 8.99. The van der Waals surface area contributed by atoms with Crippen molar-refractivity contribution in [3.05, 3.63) is 63.0 Å². The van der Waals surface area contributed by atoms with Gasteiger partial charge in [-0.3, -0.25) is 9.36 Å². The summed E-state index contributed by atoms with van der Waals surface area (Å²) < 4.78 is 72.9. The van der Waals surface area contributed by atoms with Crippen molar-refractivity contribution in [3.8, 4) is 0 Å². The molecule has 7 rings (SSSR count). The number of nitrogens with zero attached hydrogens (tertiary/aromatic N) is 4. The number of aryl methyl sites for hydroxylation is 2. The van der Waals surface area contributed by atoms with Gasteiger partial charge in [0.05, 0.1) is 28.5 Å². The molecule has 12 heteroatoms. The molecule has 45 heavy (non-hydrogen) atoms. The van der Waals surface area contributed by atoms with Crippen LogP contribution in [0.4, 0.5) is 19.0 Å². The van der Waals surface area contributed by atoms with Crippen molar-refractivity contribution in [1.82, 2.24) is 19.4 Å². The highest BCUT2D eigenvalue weighted by molar-refractivity contribution is 7.91. The lowest BCUT2D eigenvalue weighted by Gasteiger charge is -2.41. The second kappa shape index (κ2) is 12.7. The second-order valence-corrected chi connectivity index (χ2v) is 15.5. The smallest absolute Gasteiger partial charge is 0.276 e. The van der Waals surface area contributed by atoms with Crippen LogP contribution in [0.2, 0.25) is 0 Å². The summed E-state index contributed by atoms with van der Waals surface area (Å²) in [6, 6.07) is 5.18. The third kappa shape index (κ3) is 6.77. The minimum Gasteiger partial charge on any atom is -0.363 e. The maximum Gasteiger partial charge on any atom is 0.276 e. The highest BCUT2D eigenvalue weighted by Gasteiger charge is 2.41. The summed E-state index contributed by atoms with van der Waals surface area (Å²) in [5.74, 6) is -3.79. The average molecular weight is 646 g/mol. The lowest BCUT2D eigenvalue weighted by molar-refractivity contribution is -0.0592. The topological polar surface area (TPSA) is 97.2 Å². The molecule has 3 aromatic rings. The third-order valence-electron chi connectivity index (χ3n) is 9.76. The molecular weight excluding hydrogens is 603 g/mol. The molecule has 1 atom stereocenters. The SMILES string of the molecule is Cc1nc2c3cc(C4CCS(=O)(=O)CC4)c(=O)n(c3n1)CCCCCCCN1CC(C1)CC(F)(F)c1cccc(c1F)[C@H](C)N2. The number of sulfone groups is 1. The van der Waals surface area contributed by atoms with Gasteiger partial charge in [-0.15, -0.1) is 0 Å². The van der Waals surface area contributed by atoms with Crippen molar-refractivity contribution in [3.63, 3.8) is 0 Å². The number of fused-ring (bicyclic) bond motifs is 8. The van der Waals surface area contributed by atoms with E-state index in [0.717, 1.165) is 38.6 Å². The van der Waals surface area contributed by atoms with E-state index in [2.05, 4.69) is 20.2 Å². The number of rotatable bonds is 1. The van der Waals surface area contributed by atoms with Crippen LogP contribution in [0.3, 0.4) is 0 Å². The number of halogens is 3. The van der Waals surface area contributed by atoms with E-state index in [1.54, 1.807) is 24.5 Å². The van der Waals surface area contributed by atoms with Gasteiger partial charge in [-0.25, -0.2) is 31.6 Å². The van der Waals surface area contributed by atoms with Crippen LogP contribution in [-0.4, -0.2) is 59.0 Å². The van der Waals surface area contributed by atoms with Crippen molar-refractivity contribution in [2.24, 2.45) is 5.92 Å². The Hall–Kier alpha value is -2.99. The van der Waals surface area contributed by atoms with Gasteiger partial charge in [-0.05, 0) is 64.0 Å². The summed E-state index contributed by atoms with van der Waals surface area (Å²) in [4.78, 5) is 25.4. The standard InChI is InChI=1S/C33H42F3N5O3S/c1-21-25-9-8-10-28(29(25)34)33(35,36)18-23-19-40(20-23)13-6-4-3-5-7-14-41-31-27(30(37-21)38-22(2)39-31)17-26(32(41)42)24-11-15-45(43,44)16-12-24/h8-10,17,21,23-24H,3-7,11-16,18-20H2,1-2H3,(H,37,38,39)/t21-/m0/s1. The van der Waals surface area contributed by atoms with Crippen molar-refractivity contribution < 1.29 is 21.6 Å². The fourth-order valence-corrected chi connectivity index (χ4v) is 8.72. The number of aromatic nitrogens is 3. The van der Waals surface area contributed by atoms with Crippen molar-refractivity contribution >= 4 is 26.7 Å². The summed E-state index contributed by atoms with van der Waals surface area (Å²) in [6.07, 6.45) is 5.02. The molecule has 0 radical (unpaired) electrons. The highest BCUT2D eigenvalue weighted by atomic mass is 32.2. The Labute approximate surface area is 262 Å². The summed E-state index contributed by atoms with van der Waals surface area (Å²) in [7, 11) is -3.13. The van der Waals surface area contributed by atoms with E-state index < -0.39 is 33.2 Å². The van der Waals surface area contributed by atoms with E-state index >= 15 is 13.2 Å². The molecule has 2 aromatic heterocycles. The van der Waals surface area contributed by atoms with Crippen LogP contribution in [0.15, 0.2) is 29.1 Å². The zero-order valence-electron chi connectivity index (χ0n) is 26.0. The van der Waals surface area contributed by atoms with Gasteiger partial charge in [0, 0.05) is 37.2 Å². The number of hydrogen-bond acceptors (Lipinski definition) is 7. The molecule has 1 N–H and O–H groups in total. The van der Waals surface area contributed by atoms with E-state index in [0.29, 0.717) is 60.7 Å². The Morgan fingerprint density at radius 3 is 2.40 bits per heavy atom. The normalized spacial score (nSPS) is 26.0. The Bertz CT molecular complexity index is 1730. The predicted octanol–water partition coefficient (Wildman–Crippen LogP) is 6.08. The van der Waals surface area contributed by atoms with E-state index in [9.17, 15) is 13.2 Å². The van der Waals surface area contributed by atoms with Crippen LogP contribution in [0.5, 0.6) is 0 Å². The fraction of sp³-hybridized carbons (Fsp3) is 0.606. The molecule has 2 saturated heterocycles. The molecular formula is C33H42F3N5O3S. The van der Waals surface area contributed by atoms with E-state index in [1.807, 2.05) is 0 Å². The zero-order chi connectivity index (χ0) is 31.9. The van der Waals surface area contributed by atoms with Crippen molar-refractivity contribution in [1.29, 1.82) is 0 Å². The highest BCUT2D eigenvalue weighted by Crippen LogP contribution is 2.41. The largest absolute Gasteiger partial charge is 0.363 e. The van der Waals surface area contributed by atoms with E-state index in [-0.39, 0.29) is 40.9 Å². The molecule has 244 valence electrons. The molecule has 0 amide bonds. The van der Waals surface area contributed by atoms with Gasteiger partial charge >= 0.3 is 0 Å².